The minimum absolute atomic E-state index is 0.156. The summed E-state index contributed by atoms with van der Waals surface area (Å²) < 4.78 is 2.12. The molecule has 0 saturated carbocycles. The lowest BCUT2D eigenvalue weighted by molar-refractivity contribution is -0.131. The van der Waals surface area contributed by atoms with Gasteiger partial charge in [-0.25, -0.2) is 0 Å². The summed E-state index contributed by atoms with van der Waals surface area (Å²) in [4.78, 5) is 15.4. The molecule has 0 bridgehead atoms. The molecule has 3 aromatic rings. The number of hydrogen-bond donors (Lipinski definition) is 0. The molecule has 0 N–H and O–H groups in total. The molecule has 23 heavy (non-hydrogen) atoms. The van der Waals surface area contributed by atoms with Crippen LogP contribution in [0.25, 0.3) is 11.4 Å². The molecule has 5 nitrogen and oxygen atoms in total. The van der Waals surface area contributed by atoms with Gasteiger partial charge < -0.3 is 9.47 Å². The molecule has 1 aliphatic heterocycles. The van der Waals surface area contributed by atoms with Crippen molar-refractivity contribution >= 4 is 17.2 Å². The van der Waals surface area contributed by atoms with Crippen LogP contribution in [0.2, 0.25) is 0 Å². The highest BCUT2D eigenvalue weighted by molar-refractivity contribution is 7.10. The number of hydrogen-bond acceptors (Lipinski definition) is 4. The number of amides is 1. The SMILES string of the molecule is O=C(Cc1cccs1)N1CCn2c(nnc2-c2ccccc2)C1. The van der Waals surface area contributed by atoms with E-state index in [4.69, 9.17) is 0 Å². The number of fused-ring (bicyclic) bond motifs is 1. The van der Waals surface area contributed by atoms with Crippen molar-refractivity contribution in [2.24, 2.45) is 0 Å². The topological polar surface area (TPSA) is 51.0 Å². The quantitative estimate of drug-likeness (QED) is 0.744. The zero-order valence-corrected chi connectivity index (χ0v) is 13.4. The summed E-state index contributed by atoms with van der Waals surface area (Å²) in [5.41, 5.74) is 1.06. The van der Waals surface area contributed by atoms with Crippen molar-refractivity contribution in [3.8, 4) is 11.4 Å². The van der Waals surface area contributed by atoms with Crippen LogP contribution in [0.5, 0.6) is 0 Å². The average molecular weight is 324 g/mol. The molecule has 3 heterocycles. The summed E-state index contributed by atoms with van der Waals surface area (Å²) >= 11 is 1.62. The molecule has 0 radical (unpaired) electrons. The van der Waals surface area contributed by atoms with Gasteiger partial charge in [-0.05, 0) is 11.4 Å². The van der Waals surface area contributed by atoms with Gasteiger partial charge in [0.05, 0.1) is 13.0 Å². The third kappa shape index (κ3) is 2.77. The van der Waals surface area contributed by atoms with Gasteiger partial charge in [-0.3, -0.25) is 4.79 Å². The number of benzene rings is 1. The van der Waals surface area contributed by atoms with E-state index in [1.807, 2.05) is 52.7 Å². The first-order chi connectivity index (χ1) is 11.3. The molecule has 6 heteroatoms. The largest absolute Gasteiger partial charge is 0.333 e. The Balaban J connectivity index is 1.52. The van der Waals surface area contributed by atoms with E-state index in [1.165, 1.54) is 0 Å². The van der Waals surface area contributed by atoms with Crippen LogP contribution >= 0.6 is 11.3 Å². The number of carbonyl (C=O) groups is 1. The van der Waals surface area contributed by atoms with Gasteiger partial charge in [0.1, 0.15) is 0 Å². The summed E-state index contributed by atoms with van der Waals surface area (Å²) in [6, 6.07) is 14.0. The van der Waals surface area contributed by atoms with E-state index in [1.54, 1.807) is 11.3 Å². The number of carbonyl (C=O) groups excluding carboxylic acids is 1. The second kappa shape index (κ2) is 5.96. The van der Waals surface area contributed by atoms with Gasteiger partial charge >= 0.3 is 0 Å². The Labute approximate surface area is 138 Å². The maximum Gasteiger partial charge on any atom is 0.228 e. The fraction of sp³-hybridized carbons (Fsp3) is 0.235. The molecule has 1 aromatic carbocycles. The number of aromatic nitrogens is 3. The van der Waals surface area contributed by atoms with Gasteiger partial charge in [0.25, 0.3) is 0 Å². The Hall–Kier alpha value is -2.47. The molecule has 1 amide bonds. The zero-order valence-electron chi connectivity index (χ0n) is 12.6. The Morgan fingerprint density at radius 2 is 1.96 bits per heavy atom. The van der Waals surface area contributed by atoms with Crippen LogP contribution < -0.4 is 0 Å². The maximum absolute atomic E-state index is 12.4. The number of thiophene rings is 1. The van der Waals surface area contributed by atoms with Crippen LogP contribution in [-0.4, -0.2) is 32.1 Å². The molecule has 0 unspecified atom stereocenters. The predicted molar refractivity (Wildman–Crippen MR) is 88.9 cm³/mol. The van der Waals surface area contributed by atoms with Crippen LogP contribution in [0, 0.1) is 0 Å². The summed E-state index contributed by atoms with van der Waals surface area (Å²) in [6.07, 6.45) is 0.470. The number of nitrogens with zero attached hydrogens (tertiary/aromatic N) is 4. The highest BCUT2D eigenvalue weighted by Crippen LogP contribution is 2.22. The van der Waals surface area contributed by atoms with E-state index in [9.17, 15) is 4.79 Å². The molecule has 0 spiro atoms. The first-order valence-electron chi connectivity index (χ1n) is 7.59. The molecule has 2 aromatic heterocycles. The van der Waals surface area contributed by atoms with Gasteiger partial charge in [-0.2, -0.15) is 0 Å². The average Bonchev–Trinajstić information content (AvgIpc) is 3.24. The third-order valence-corrected chi connectivity index (χ3v) is 4.92. The van der Waals surface area contributed by atoms with Crippen molar-refractivity contribution in [2.45, 2.75) is 19.5 Å². The van der Waals surface area contributed by atoms with Crippen LogP contribution in [0.4, 0.5) is 0 Å². The van der Waals surface area contributed by atoms with E-state index in [0.717, 1.165) is 28.6 Å². The normalized spacial score (nSPS) is 13.8. The van der Waals surface area contributed by atoms with Crippen molar-refractivity contribution in [1.82, 2.24) is 19.7 Å². The van der Waals surface area contributed by atoms with Crippen molar-refractivity contribution in [3.63, 3.8) is 0 Å². The highest BCUT2D eigenvalue weighted by Gasteiger charge is 2.25. The van der Waals surface area contributed by atoms with Gasteiger partial charge in [0.2, 0.25) is 5.91 Å². The zero-order chi connectivity index (χ0) is 15.6. The monoisotopic (exact) mass is 324 g/mol. The molecule has 0 atom stereocenters. The van der Waals surface area contributed by atoms with E-state index in [-0.39, 0.29) is 5.91 Å². The molecule has 1 aliphatic rings. The predicted octanol–water partition coefficient (Wildman–Crippen LogP) is 2.59. The Kier molecular flexibility index (Phi) is 3.67. The van der Waals surface area contributed by atoms with Gasteiger partial charge in [-0.15, -0.1) is 21.5 Å². The molecular weight excluding hydrogens is 308 g/mol. The Morgan fingerprint density at radius 1 is 1.09 bits per heavy atom. The van der Waals surface area contributed by atoms with Crippen LogP contribution in [0.1, 0.15) is 10.7 Å². The molecular formula is C17H16N4OS. The Bertz CT molecular complexity index is 811. The van der Waals surface area contributed by atoms with Crippen LogP contribution in [0.15, 0.2) is 47.8 Å². The van der Waals surface area contributed by atoms with Crippen molar-refractivity contribution in [1.29, 1.82) is 0 Å². The summed E-state index contributed by atoms with van der Waals surface area (Å²) in [7, 11) is 0. The summed E-state index contributed by atoms with van der Waals surface area (Å²) in [6.45, 7) is 1.97. The fourth-order valence-electron chi connectivity index (χ4n) is 2.85. The second-order valence-corrected chi connectivity index (χ2v) is 6.56. The smallest absolute Gasteiger partial charge is 0.228 e. The highest BCUT2D eigenvalue weighted by atomic mass is 32.1. The lowest BCUT2D eigenvalue weighted by Crippen LogP contribution is -2.39. The first kappa shape index (κ1) is 14.1. The lowest BCUT2D eigenvalue weighted by atomic mass is 10.2. The summed E-state index contributed by atoms with van der Waals surface area (Å²) in [5, 5.41) is 10.6. The van der Waals surface area contributed by atoms with Crippen LogP contribution in [-0.2, 0) is 24.3 Å². The van der Waals surface area contributed by atoms with Crippen LogP contribution in [0.3, 0.4) is 0 Å². The van der Waals surface area contributed by atoms with E-state index in [2.05, 4.69) is 14.8 Å². The molecule has 0 fully saturated rings. The minimum Gasteiger partial charge on any atom is -0.333 e. The fourth-order valence-corrected chi connectivity index (χ4v) is 3.54. The molecule has 0 saturated heterocycles. The second-order valence-electron chi connectivity index (χ2n) is 5.53. The third-order valence-electron chi connectivity index (χ3n) is 4.04. The number of rotatable bonds is 3. The minimum atomic E-state index is 0.156. The summed E-state index contributed by atoms with van der Waals surface area (Å²) in [5.74, 6) is 1.89. The van der Waals surface area contributed by atoms with Gasteiger partial charge in [0, 0.05) is 23.5 Å². The molecule has 0 aliphatic carbocycles. The first-order valence-corrected chi connectivity index (χ1v) is 8.47. The maximum atomic E-state index is 12.4. The lowest BCUT2D eigenvalue weighted by Gasteiger charge is -2.27. The molecule has 4 rings (SSSR count). The van der Waals surface area contributed by atoms with Gasteiger partial charge in [-0.1, -0.05) is 36.4 Å². The van der Waals surface area contributed by atoms with E-state index in [0.29, 0.717) is 19.5 Å². The van der Waals surface area contributed by atoms with E-state index < -0.39 is 0 Å². The molecule has 116 valence electrons. The Morgan fingerprint density at radius 3 is 2.74 bits per heavy atom. The van der Waals surface area contributed by atoms with Crippen molar-refractivity contribution in [3.05, 3.63) is 58.5 Å². The van der Waals surface area contributed by atoms with Gasteiger partial charge in [0.15, 0.2) is 11.6 Å². The van der Waals surface area contributed by atoms with Crippen molar-refractivity contribution < 1.29 is 4.79 Å². The van der Waals surface area contributed by atoms with Crippen molar-refractivity contribution in [2.75, 3.05) is 6.54 Å². The standard InChI is InChI=1S/C17H16N4OS/c22-16(11-14-7-4-10-23-14)20-8-9-21-15(12-20)18-19-17(21)13-5-2-1-3-6-13/h1-7,10H,8-9,11-12H2. The van der Waals surface area contributed by atoms with E-state index >= 15 is 0 Å².